The van der Waals surface area contributed by atoms with E-state index in [4.69, 9.17) is 0 Å². The van der Waals surface area contributed by atoms with Gasteiger partial charge in [-0.05, 0) is 67.2 Å². The standard InChI is InChI=1S/C24H32F2/c1-3-4-5-6-22-23(25)15-21(16-24(22)26)20-13-11-19(12-14-20)18-9-7-17(2)8-10-18/h11-13,15-18,20H,3-10,14H2,1-2H3. The number of rotatable bonds is 6. The Morgan fingerprint density at radius 1 is 1.00 bits per heavy atom. The molecule has 0 aromatic heterocycles. The minimum Gasteiger partial charge on any atom is -0.207 e. The van der Waals surface area contributed by atoms with Crippen LogP contribution in [0, 0.1) is 23.5 Å². The highest BCUT2D eigenvalue weighted by Crippen LogP contribution is 2.37. The van der Waals surface area contributed by atoms with Crippen molar-refractivity contribution in [1.29, 1.82) is 0 Å². The third-order valence-electron chi connectivity index (χ3n) is 6.24. The van der Waals surface area contributed by atoms with Crippen LogP contribution in [0.5, 0.6) is 0 Å². The quantitative estimate of drug-likeness (QED) is 0.462. The predicted octanol–water partition coefficient (Wildman–Crippen LogP) is 7.49. The maximum Gasteiger partial charge on any atom is 0.129 e. The number of benzene rings is 1. The molecule has 2 heteroatoms. The fraction of sp³-hybridized carbons (Fsp3) is 0.583. The molecule has 0 heterocycles. The summed E-state index contributed by atoms with van der Waals surface area (Å²) < 4.78 is 28.8. The van der Waals surface area contributed by atoms with Crippen molar-refractivity contribution in [2.75, 3.05) is 0 Å². The summed E-state index contributed by atoms with van der Waals surface area (Å²) in [5.41, 5.74) is 2.46. The zero-order valence-corrected chi connectivity index (χ0v) is 16.2. The first-order valence-corrected chi connectivity index (χ1v) is 10.4. The van der Waals surface area contributed by atoms with Gasteiger partial charge in [0.2, 0.25) is 0 Å². The minimum absolute atomic E-state index is 0.0926. The lowest BCUT2D eigenvalue weighted by molar-refractivity contribution is 0.322. The largest absolute Gasteiger partial charge is 0.207 e. The first-order chi connectivity index (χ1) is 12.6. The van der Waals surface area contributed by atoms with Gasteiger partial charge >= 0.3 is 0 Å². The Morgan fingerprint density at radius 3 is 2.27 bits per heavy atom. The fourth-order valence-electron chi connectivity index (χ4n) is 4.41. The molecule has 2 aliphatic carbocycles. The second-order valence-electron chi connectivity index (χ2n) is 8.28. The molecular weight excluding hydrogens is 326 g/mol. The van der Waals surface area contributed by atoms with Crippen LogP contribution < -0.4 is 0 Å². The van der Waals surface area contributed by atoms with Gasteiger partial charge in [0.15, 0.2) is 0 Å². The van der Waals surface area contributed by atoms with Crippen molar-refractivity contribution in [3.05, 3.63) is 58.7 Å². The molecule has 0 saturated heterocycles. The summed E-state index contributed by atoms with van der Waals surface area (Å²) in [5.74, 6) is 0.878. The van der Waals surface area contributed by atoms with E-state index < -0.39 is 0 Å². The Hall–Kier alpha value is -1.44. The average molecular weight is 359 g/mol. The smallest absolute Gasteiger partial charge is 0.129 e. The number of hydrogen-bond donors (Lipinski definition) is 0. The van der Waals surface area contributed by atoms with Crippen molar-refractivity contribution >= 4 is 0 Å². The van der Waals surface area contributed by atoms with Crippen LogP contribution in [0.3, 0.4) is 0 Å². The topological polar surface area (TPSA) is 0 Å². The zero-order valence-electron chi connectivity index (χ0n) is 16.2. The van der Waals surface area contributed by atoms with Gasteiger partial charge in [-0.1, -0.05) is 57.8 Å². The van der Waals surface area contributed by atoms with E-state index in [1.54, 1.807) is 12.1 Å². The van der Waals surface area contributed by atoms with Gasteiger partial charge in [0.25, 0.3) is 0 Å². The molecule has 0 N–H and O–H groups in total. The molecule has 1 aromatic rings. The molecule has 2 aliphatic rings. The molecule has 1 saturated carbocycles. The molecule has 3 rings (SSSR count). The van der Waals surface area contributed by atoms with Gasteiger partial charge in [-0.2, -0.15) is 0 Å². The number of allylic oxidation sites excluding steroid dienone is 4. The van der Waals surface area contributed by atoms with Crippen LogP contribution in [-0.2, 0) is 6.42 Å². The summed E-state index contributed by atoms with van der Waals surface area (Å²) in [6, 6.07) is 3.11. The van der Waals surface area contributed by atoms with Gasteiger partial charge in [0.05, 0.1) is 0 Å². The molecule has 1 atom stereocenters. The second kappa shape index (κ2) is 8.97. The van der Waals surface area contributed by atoms with E-state index in [9.17, 15) is 8.78 Å². The molecule has 1 fully saturated rings. The molecule has 0 spiro atoms. The van der Waals surface area contributed by atoms with Crippen LogP contribution in [0.15, 0.2) is 35.9 Å². The Kier molecular flexibility index (Phi) is 6.67. The summed E-state index contributed by atoms with van der Waals surface area (Å²) in [7, 11) is 0. The summed E-state index contributed by atoms with van der Waals surface area (Å²) in [4.78, 5) is 0. The molecule has 1 aromatic carbocycles. The van der Waals surface area contributed by atoms with Crippen LogP contribution >= 0.6 is 0 Å². The maximum atomic E-state index is 14.4. The first kappa shape index (κ1) is 19.3. The molecule has 0 radical (unpaired) electrons. The molecule has 26 heavy (non-hydrogen) atoms. The van der Waals surface area contributed by atoms with Crippen LogP contribution in [0.25, 0.3) is 0 Å². The van der Waals surface area contributed by atoms with Crippen LogP contribution in [0.1, 0.15) is 82.3 Å². The van der Waals surface area contributed by atoms with E-state index in [1.807, 2.05) is 0 Å². The molecule has 142 valence electrons. The maximum absolute atomic E-state index is 14.4. The Labute approximate surface area is 157 Å². The number of unbranched alkanes of at least 4 members (excludes halogenated alkanes) is 2. The van der Waals surface area contributed by atoms with E-state index in [0.29, 0.717) is 12.3 Å². The third-order valence-corrected chi connectivity index (χ3v) is 6.24. The summed E-state index contributed by atoms with van der Waals surface area (Å²) in [6.45, 7) is 4.44. The van der Waals surface area contributed by atoms with Gasteiger partial charge in [0.1, 0.15) is 11.6 Å². The lowest BCUT2D eigenvalue weighted by atomic mass is 9.76. The van der Waals surface area contributed by atoms with Gasteiger partial charge < -0.3 is 0 Å². The molecule has 0 amide bonds. The highest BCUT2D eigenvalue weighted by Gasteiger charge is 2.23. The zero-order chi connectivity index (χ0) is 18.5. The van der Waals surface area contributed by atoms with E-state index in [1.165, 1.54) is 31.3 Å². The lowest BCUT2D eigenvalue weighted by Crippen LogP contribution is -2.15. The second-order valence-corrected chi connectivity index (χ2v) is 8.28. The molecule has 1 unspecified atom stereocenters. The van der Waals surface area contributed by atoms with Gasteiger partial charge in [0, 0.05) is 11.5 Å². The van der Waals surface area contributed by atoms with Crippen LogP contribution in [-0.4, -0.2) is 0 Å². The first-order valence-electron chi connectivity index (χ1n) is 10.4. The Bertz CT molecular complexity index is 640. The van der Waals surface area contributed by atoms with Gasteiger partial charge in [-0.15, -0.1) is 0 Å². The van der Waals surface area contributed by atoms with E-state index >= 15 is 0 Å². The summed E-state index contributed by atoms with van der Waals surface area (Å²) >= 11 is 0. The van der Waals surface area contributed by atoms with Crippen molar-refractivity contribution in [3.8, 4) is 0 Å². The molecule has 0 bridgehead atoms. The van der Waals surface area contributed by atoms with Crippen molar-refractivity contribution in [2.24, 2.45) is 11.8 Å². The third kappa shape index (κ3) is 4.64. The fourth-order valence-corrected chi connectivity index (χ4v) is 4.41. The van der Waals surface area contributed by atoms with Crippen LogP contribution in [0.4, 0.5) is 8.78 Å². The SMILES string of the molecule is CCCCCc1c(F)cc(C2C=CC(C3CCC(C)CC3)=CC2)cc1F. The van der Waals surface area contributed by atoms with E-state index in [2.05, 4.69) is 32.1 Å². The van der Waals surface area contributed by atoms with E-state index in [0.717, 1.165) is 37.2 Å². The van der Waals surface area contributed by atoms with Gasteiger partial charge in [-0.25, -0.2) is 8.78 Å². The summed E-state index contributed by atoms with van der Waals surface area (Å²) in [6.07, 6.45) is 16.1. The molecular formula is C24H32F2. The normalized spacial score (nSPS) is 26.0. The summed E-state index contributed by atoms with van der Waals surface area (Å²) in [5, 5.41) is 0. The van der Waals surface area contributed by atoms with Crippen molar-refractivity contribution < 1.29 is 8.78 Å². The van der Waals surface area contributed by atoms with E-state index in [-0.39, 0.29) is 23.1 Å². The van der Waals surface area contributed by atoms with Crippen molar-refractivity contribution in [3.63, 3.8) is 0 Å². The Balaban J connectivity index is 1.65. The highest BCUT2D eigenvalue weighted by atomic mass is 19.1. The lowest BCUT2D eigenvalue weighted by Gasteiger charge is -2.29. The highest BCUT2D eigenvalue weighted by molar-refractivity contribution is 5.36. The van der Waals surface area contributed by atoms with Crippen molar-refractivity contribution in [1.82, 2.24) is 0 Å². The average Bonchev–Trinajstić information content (AvgIpc) is 2.65. The predicted molar refractivity (Wildman–Crippen MR) is 105 cm³/mol. The Morgan fingerprint density at radius 2 is 1.69 bits per heavy atom. The number of halogens is 2. The van der Waals surface area contributed by atoms with Crippen LogP contribution in [0.2, 0.25) is 0 Å². The molecule has 0 aliphatic heterocycles. The van der Waals surface area contributed by atoms with Gasteiger partial charge in [-0.3, -0.25) is 0 Å². The monoisotopic (exact) mass is 358 g/mol. The minimum atomic E-state index is -0.374. The number of hydrogen-bond acceptors (Lipinski definition) is 0. The molecule has 0 nitrogen and oxygen atoms in total. The van der Waals surface area contributed by atoms with Crippen molar-refractivity contribution in [2.45, 2.75) is 77.6 Å².